The monoisotopic (exact) mass is 382 g/mol. The van der Waals surface area contributed by atoms with Crippen LogP contribution in [0, 0.1) is 3.57 Å². The van der Waals surface area contributed by atoms with Crippen LogP contribution >= 0.6 is 22.6 Å². The Labute approximate surface area is 135 Å². The molecule has 0 amide bonds. The minimum absolute atomic E-state index is 1.04. The van der Waals surface area contributed by atoms with E-state index in [4.69, 9.17) is 0 Å². The summed E-state index contributed by atoms with van der Waals surface area (Å²) in [7, 11) is 0. The summed E-state index contributed by atoms with van der Waals surface area (Å²) in [6, 6.07) is 8.56. The molecule has 0 saturated heterocycles. The van der Waals surface area contributed by atoms with Crippen LogP contribution in [0.3, 0.4) is 0 Å². The van der Waals surface area contributed by atoms with Crippen LogP contribution in [0.4, 0.5) is 0 Å². The lowest BCUT2D eigenvalue weighted by atomic mass is 10.1. The van der Waals surface area contributed by atoms with E-state index in [9.17, 15) is 0 Å². The molecule has 0 atom stereocenters. The molecule has 2 aromatic rings. The van der Waals surface area contributed by atoms with E-state index in [2.05, 4.69) is 69.8 Å². The summed E-state index contributed by atoms with van der Waals surface area (Å²) in [5.41, 5.74) is 2.47. The molecule has 1 heterocycles. The molecule has 0 spiro atoms. The van der Waals surface area contributed by atoms with Gasteiger partial charge in [0.25, 0.3) is 0 Å². The third-order valence-electron chi connectivity index (χ3n) is 3.53. The predicted octanol–water partition coefficient (Wildman–Crippen LogP) is 5.52. The average molecular weight is 382 g/mol. The van der Waals surface area contributed by atoms with E-state index >= 15 is 0 Å². The molecule has 0 fully saturated rings. The molecule has 3 heteroatoms. The smallest absolute Gasteiger partial charge is 0.0568 e. The van der Waals surface area contributed by atoms with E-state index < -0.39 is 0 Å². The van der Waals surface area contributed by atoms with Crippen molar-refractivity contribution in [3.63, 3.8) is 0 Å². The van der Waals surface area contributed by atoms with E-state index in [1.807, 2.05) is 6.20 Å². The summed E-state index contributed by atoms with van der Waals surface area (Å²) in [5.74, 6) is 0. The number of halogens is 1. The normalized spacial score (nSPS) is 10.9. The zero-order valence-corrected chi connectivity index (χ0v) is 14.3. The van der Waals surface area contributed by atoms with Gasteiger partial charge in [-0.15, -0.1) is 0 Å². The lowest BCUT2D eigenvalue weighted by Gasteiger charge is -2.02. The van der Waals surface area contributed by atoms with Crippen molar-refractivity contribution in [2.45, 2.75) is 52.0 Å². The molecule has 0 bridgehead atoms. The summed E-state index contributed by atoms with van der Waals surface area (Å²) >= 11 is 2.35. The maximum Gasteiger partial charge on any atom is 0.0568 e. The van der Waals surface area contributed by atoms with Crippen LogP contribution in [0.15, 0.2) is 36.7 Å². The van der Waals surface area contributed by atoms with Crippen LogP contribution in [0.2, 0.25) is 0 Å². The minimum Gasteiger partial charge on any atom is -0.272 e. The molecule has 0 aliphatic carbocycles. The number of rotatable bonds is 8. The van der Waals surface area contributed by atoms with Crippen LogP contribution in [0.1, 0.15) is 45.4 Å². The molecule has 0 aliphatic rings. The van der Waals surface area contributed by atoms with Gasteiger partial charge in [-0.25, -0.2) is 0 Å². The van der Waals surface area contributed by atoms with Gasteiger partial charge in [-0.2, -0.15) is 5.10 Å². The van der Waals surface area contributed by atoms with Crippen LogP contribution in [0.5, 0.6) is 0 Å². The van der Waals surface area contributed by atoms with Gasteiger partial charge < -0.3 is 0 Å². The summed E-state index contributed by atoms with van der Waals surface area (Å²) in [6.07, 6.45) is 12.1. The van der Waals surface area contributed by atoms with Crippen molar-refractivity contribution in [3.8, 4) is 11.1 Å². The summed E-state index contributed by atoms with van der Waals surface area (Å²) in [6.45, 7) is 3.30. The highest BCUT2D eigenvalue weighted by Gasteiger charge is 2.02. The van der Waals surface area contributed by atoms with Crippen LogP contribution in [-0.2, 0) is 6.54 Å². The number of hydrogen-bond donors (Lipinski definition) is 0. The average Bonchev–Trinajstić information content (AvgIpc) is 2.91. The first kappa shape index (κ1) is 15.5. The number of unbranched alkanes of at least 4 members (excludes halogenated alkanes) is 5. The van der Waals surface area contributed by atoms with E-state index in [0.717, 1.165) is 6.54 Å². The molecule has 108 valence electrons. The van der Waals surface area contributed by atoms with Crippen molar-refractivity contribution in [1.29, 1.82) is 0 Å². The van der Waals surface area contributed by atoms with Gasteiger partial charge in [-0.3, -0.25) is 4.68 Å². The Kier molecular flexibility index (Phi) is 6.57. The first-order valence-electron chi connectivity index (χ1n) is 7.58. The maximum atomic E-state index is 4.47. The maximum absolute atomic E-state index is 4.47. The lowest BCUT2D eigenvalue weighted by molar-refractivity contribution is 0.527. The van der Waals surface area contributed by atoms with Gasteiger partial charge in [-0.1, -0.05) is 51.2 Å². The van der Waals surface area contributed by atoms with Gasteiger partial charge >= 0.3 is 0 Å². The predicted molar refractivity (Wildman–Crippen MR) is 93.8 cm³/mol. The van der Waals surface area contributed by atoms with E-state index in [1.165, 1.54) is 53.2 Å². The molecule has 2 nitrogen and oxygen atoms in total. The fourth-order valence-electron chi connectivity index (χ4n) is 2.36. The Balaban J connectivity index is 1.80. The van der Waals surface area contributed by atoms with Crippen molar-refractivity contribution in [2.24, 2.45) is 0 Å². The highest BCUT2D eigenvalue weighted by Crippen LogP contribution is 2.20. The molecule has 0 radical (unpaired) electrons. The molecule has 2 rings (SSSR count). The van der Waals surface area contributed by atoms with Gasteiger partial charge in [0.1, 0.15) is 0 Å². The molecule has 20 heavy (non-hydrogen) atoms. The first-order chi connectivity index (χ1) is 9.79. The summed E-state index contributed by atoms with van der Waals surface area (Å²) in [5, 5.41) is 4.47. The fourth-order valence-corrected chi connectivity index (χ4v) is 2.90. The van der Waals surface area contributed by atoms with Crippen LogP contribution in [-0.4, -0.2) is 9.78 Å². The Bertz CT molecular complexity index is 519. The van der Waals surface area contributed by atoms with Gasteiger partial charge in [0, 0.05) is 21.9 Å². The SMILES string of the molecule is CCCCCCCCn1cc(-c2cccc(I)c2)cn1. The Morgan fingerprint density at radius 3 is 2.65 bits per heavy atom. The molecular formula is C17H23IN2. The Morgan fingerprint density at radius 1 is 1.05 bits per heavy atom. The number of hydrogen-bond acceptors (Lipinski definition) is 1. The van der Waals surface area contributed by atoms with Crippen molar-refractivity contribution < 1.29 is 0 Å². The third kappa shape index (κ3) is 4.93. The number of nitrogens with zero attached hydrogens (tertiary/aromatic N) is 2. The van der Waals surface area contributed by atoms with Gasteiger partial charge in [0.15, 0.2) is 0 Å². The van der Waals surface area contributed by atoms with Gasteiger partial charge in [0.2, 0.25) is 0 Å². The summed E-state index contributed by atoms with van der Waals surface area (Å²) < 4.78 is 3.35. The highest BCUT2D eigenvalue weighted by molar-refractivity contribution is 14.1. The standard InChI is InChI=1S/C17H23IN2/c1-2-3-4-5-6-7-11-20-14-16(13-19-20)15-9-8-10-17(18)12-15/h8-10,12-14H,2-7,11H2,1H3. The lowest BCUT2D eigenvalue weighted by Crippen LogP contribution is -1.97. The van der Waals surface area contributed by atoms with Crippen LogP contribution in [0.25, 0.3) is 11.1 Å². The number of aryl methyl sites for hydroxylation is 1. The second kappa shape index (κ2) is 8.45. The van der Waals surface area contributed by atoms with Gasteiger partial charge in [-0.05, 0) is 46.7 Å². The summed E-state index contributed by atoms with van der Waals surface area (Å²) in [4.78, 5) is 0. The Hall–Kier alpha value is -0.840. The highest BCUT2D eigenvalue weighted by atomic mass is 127. The van der Waals surface area contributed by atoms with Crippen LogP contribution < -0.4 is 0 Å². The molecule has 1 aromatic carbocycles. The van der Waals surface area contributed by atoms with E-state index in [0.29, 0.717) is 0 Å². The molecule has 0 N–H and O–H groups in total. The molecule has 0 saturated carbocycles. The minimum atomic E-state index is 1.04. The second-order valence-corrected chi connectivity index (χ2v) is 6.52. The number of aromatic nitrogens is 2. The fraction of sp³-hybridized carbons (Fsp3) is 0.471. The third-order valence-corrected chi connectivity index (χ3v) is 4.20. The van der Waals surface area contributed by atoms with Crippen molar-refractivity contribution >= 4 is 22.6 Å². The number of benzene rings is 1. The molecular weight excluding hydrogens is 359 g/mol. The second-order valence-electron chi connectivity index (χ2n) is 5.27. The molecule has 1 aromatic heterocycles. The van der Waals surface area contributed by atoms with E-state index in [-0.39, 0.29) is 0 Å². The largest absolute Gasteiger partial charge is 0.272 e. The quantitative estimate of drug-likeness (QED) is 0.435. The Morgan fingerprint density at radius 2 is 1.85 bits per heavy atom. The molecule has 0 unspecified atom stereocenters. The van der Waals surface area contributed by atoms with Gasteiger partial charge in [0.05, 0.1) is 6.20 Å². The topological polar surface area (TPSA) is 17.8 Å². The zero-order valence-electron chi connectivity index (χ0n) is 12.2. The first-order valence-corrected chi connectivity index (χ1v) is 8.66. The van der Waals surface area contributed by atoms with Crippen molar-refractivity contribution in [2.75, 3.05) is 0 Å². The molecule has 0 aliphatic heterocycles. The van der Waals surface area contributed by atoms with E-state index in [1.54, 1.807) is 0 Å². The zero-order chi connectivity index (χ0) is 14.2. The van der Waals surface area contributed by atoms with Crippen molar-refractivity contribution in [3.05, 3.63) is 40.2 Å². The van der Waals surface area contributed by atoms with Crippen molar-refractivity contribution in [1.82, 2.24) is 9.78 Å².